The fraction of sp³-hybridized carbons (Fsp3) is 0.444. The number of aryl methyl sites for hydroxylation is 2. The highest BCUT2D eigenvalue weighted by molar-refractivity contribution is 7.94. The second kappa shape index (κ2) is 11.0. The van der Waals surface area contributed by atoms with Crippen molar-refractivity contribution in [2.45, 2.75) is 58.1 Å². The number of halogens is 1. The van der Waals surface area contributed by atoms with Crippen LogP contribution in [-0.2, 0) is 10.0 Å². The number of hydrogen-bond donors (Lipinski definition) is 3. The summed E-state index contributed by atoms with van der Waals surface area (Å²) in [5.74, 6) is 2.20. The van der Waals surface area contributed by atoms with Gasteiger partial charge in [0.2, 0.25) is 16.0 Å². The van der Waals surface area contributed by atoms with E-state index in [0.717, 1.165) is 31.5 Å². The molecule has 1 fully saturated rings. The van der Waals surface area contributed by atoms with Crippen molar-refractivity contribution in [2.24, 2.45) is 0 Å². The number of nitrogens with one attached hydrogen (secondary N) is 3. The molecule has 2 aromatic heterocycles. The van der Waals surface area contributed by atoms with Crippen LogP contribution in [0.3, 0.4) is 0 Å². The molecule has 11 heteroatoms. The van der Waals surface area contributed by atoms with Gasteiger partial charge < -0.3 is 15.5 Å². The maximum atomic E-state index is 12.6. The molecule has 1 aliphatic heterocycles. The molecule has 1 saturated heterocycles. The van der Waals surface area contributed by atoms with Gasteiger partial charge in [-0.3, -0.25) is 4.72 Å². The highest BCUT2D eigenvalue weighted by Crippen LogP contribution is 2.32. The molecule has 204 valence electrons. The Bertz CT molecular complexity index is 1420. The van der Waals surface area contributed by atoms with E-state index in [4.69, 9.17) is 11.6 Å². The summed E-state index contributed by atoms with van der Waals surface area (Å²) in [5, 5.41) is 6.76. The first kappa shape index (κ1) is 28.1. The van der Waals surface area contributed by atoms with E-state index in [1.807, 2.05) is 19.2 Å². The number of rotatable bonds is 7. The third-order valence-electron chi connectivity index (χ3n) is 6.80. The first-order valence-electron chi connectivity index (χ1n) is 12.7. The largest absolute Gasteiger partial charge is 0.340 e. The van der Waals surface area contributed by atoms with Crippen LogP contribution in [-0.4, -0.2) is 53.2 Å². The second-order valence-electron chi connectivity index (χ2n) is 10.9. The van der Waals surface area contributed by atoms with Crippen molar-refractivity contribution >= 4 is 50.6 Å². The van der Waals surface area contributed by atoms with Gasteiger partial charge in [-0.25, -0.2) is 18.4 Å². The fourth-order valence-corrected chi connectivity index (χ4v) is 5.23. The number of aromatic nitrogens is 3. The maximum absolute atomic E-state index is 12.6. The monoisotopic (exact) mass is 557 g/mol. The predicted molar refractivity (Wildman–Crippen MR) is 156 cm³/mol. The zero-order valence-corrected chi connectivity index (χ0v) is 24.3. The van der Waals surface area contributed by atoms with Gasteiger partial charge in [0.1, 0.15) is 11.6 Å². The van der Waals surface area contributed by atoms with Crippen LogP contribution in [0.2, 0.25) is 5.02 Å². The number of nitrogens with zero attached hydrogens (tertiary/aromatic N) is 4. The minimum Gasteiger partial charge on any atom is -0.340 e. The van der Waals surface area contributed by atoms with E-state index in [2.05, 4.69) is 49.2 Å². The molecule has 3 heterocycles. The van der Waals surface area contributed by atoms with Crippen LogP contribution in [0.4, 0.5) is 29.0 Å². The number of likely N-dealkylation sites (tertiary alicyclic amines) is 1. The summed E-state index contributed by atoms with van der Waals surface area (Å²) >= 11 is 6.28. The van der Waals surface area contributed by atoms with Gasteiger partial charge in [0, 0.05) is 23.6 Å². The van der Waals surface area contributed by atoms with Crippen LogP contribution in [0.25, 0.3) is 0 Å². The number of sulfonamides is 1. The summed E-state index contributed by atoms with van der Waals surface area (Å²) in [6, 6.07) is 7.08. The van der Waals surface area contributed by atoms with Crippen LogP contribution in [0, 0.1) is 13.8 Å². The molecule has 0 bridgehead atoms. The Morgan fingerprint density at radius 3 is 2.37 bits per heavy atom. The average Bonchev–Trinajstić information content (AvgIpc) is 2.83. The molecule has 1 aliphatic rings. The van der Waals surface area contributed by atoms with Gasteiger partial charge in [0.25, 0.3) is 0 Å². The molecule has 3 N–H and O–H groups in total. The third-order valence-corrected chi connectivity index (χ3v) is 9.23. The summed E-state index contributed by atoms with van der Waals surface area (Å²) in [6.45, 7) is 11.1. The summed E-state index contributed by atoms with van der Waals surface area (Å²) < 4.78 is 26.9. The first-order chi connectivity index (χ1) is 17.8. The Labute approximate surface area is 230 Å². The van der Waals surface area contributed by atoms with Crippen molar-refractivity contribution < 1.29 is 8.42 Å². The van der Waals surface area contributed by atoms with Crippen molar-refractivity contribution in [2.75, 3.05) is 35.5 Å². The molecule has 0 radical (unpaired) electrons. The molecular formula is C27H36ClN7O2S. The van der Waals surface area contributed by atoms with Crippen molar-refractivity contribution in [3.8, 4) is 0 Å². The Morgan fingerprint density at radius 1 is 1.00 bits per heavy atom. The standard InChI is InChI=1S/C27H36ClN7O2S/c1-17-13-24(29-16-21(17)19-9-11-35(6)12-10-19)32-26-30-15-18(2)25(33-26)31-20-7-8-22(28)23(14-20)34-38(36,37)27(3,4)5/h7-8,13-16,19,34H,9-12H2,1-6H3,(H2,29,30,31,32,33). The molecule has 4 rings (SSSR count). The lowest BCUT2D eigenvalue weighted by Gasteiger charge is -2.29. The molecule has 1 aromatic carbocycles. The Morgan fingerprint density at radius 2 is 1.71 bits per heavy atom. The smallest absolute Gasteiger partial charge is 0.237 e. The van der Waals surface area contributed by atoms with E-state index in [9.17, 15) is 8.42 Å². The average molecular weight is 558 g/mol. The van der Waals surface area contributed by atoms with Gasteiger partial charge in [-0.2, -0.15) is 4.98 Å². The molecule has 0 saturated carbocycles. The lowest BCUT2D eigenvalue weighted by Crippen LogP contribution is -2.33. The normalized spacial score (nSPS) is 15.3. The van der Waals surface area contributed by atoms with E-state index < -0.39 is 14.8 Å². The van der Waals surface area contributed by atoms with Gasteiger partial charge in [-0.1, -0.05) is 11.6 Å². The van der Waals surface area contributed by atoms with Crippen LogP contribution in [0.1, 0.15) is 56.2 Å². The molecule has 0 amide bonds. The van der Waals surface area contributed by atoms with Gasteiger partial charge in [-0.15, -0.1) is 0 Å². The Hall–Kier alpha value is -2.95. The Kier molecular flexibility index (Phi) is 8.15. The molecule has 0 unspecified atom stereocenters. The van der Waals surface area contributed by atoms with E-state index in [-0.39, 0.29) is 0 Å². The van der Waals surface area contributed by atoms with Gasteiger partial charge in [-0.05, 0) is 109 Å². The molecular weight excluding hydrogens is 522 g/mol. The maximum Gasteiger partial charge on any atom is 0.237 e. The SMILES string of the molecule is Cc1cc(Nc2ncc(C)c(Nc3ccc(Cl)c(NS(=O)(=O)C(C)(C)C)c3)n2)ncc1C1CCN(C)CC1. The van der Waals surface area contributed by atoms with Crippen LogP contribution in [0.5, 0.6) is 0 Å². The summed E-state index contributed by atoms with van der Waals surface area (Å²) in [4.78, 5) is 16.0. The van der Waals surface area contributed by atoms with Crippen LogP contribution >= 0.6 is 11.6 Å². The minimum absolute atomic E-state index is 0.293. The van der Waals surface area contributed by atoms with Crippen molar-refractivity contribution in [3.05, 3.63) is 58.4 Å². The number of anilines is 5. The third kappa shape index (κ3) is 6.54. The zero-order valence-electron chi connectivity index (χ0n) is 22.8. The van der Waals surface area contributed by atoms with Gasteiger partial charge >= 0.3 is 0 Å². The number of piperidine rings is 1. The molecule has 38 heavy (non-hydrogen) atoms. The lowest BCUT2D eigenvalue weighted by molar-refractivity contribution is 0.255. The predicted octanol–water partition coefficient (Wildman–Crippen LogP) is 5.98. The zero-order chi connectivity index (χ0) is 27.7. The fourth-order valence-electron chi connectivity index (χ4n) is 4.24. The quantitative estimate of drug-likeness (QED) is 0.325. The van der Waals surface area contributed by atoms with Crippen molar-refractivity contribution in [3.63, 3.8) is 0 Å². The van der Waals surface area contributed by atoms with E-state index >= 15 is 0 Å². The summed E-state index contributed by atoms with van der Waals surface area (Å²) in [6.07, 6.45) is 5.98. The first-order valence-corrected chi connectivity index (χ1v) is 14.5. The van der Waals surface area contributed by atoms with Crippen LogP contribution in [0.15, 0.2) is 36.7 Å². The Balaban J connectivity index is 1.51. The van der Waals surface area contributed by atoms with Crippen molar-refractivity contribution in [1.29, 1.82) is 0 Å². The van der Waals surface area contributed by atoms with Crippen LogP contribution < -0.4 is 15.4 Å². The topological polar surface area (TPSA) is 112 Å². The lowest BCUT2D eigenvalue weighted by atomic mass is 9.88. The summed E-state index contributed by atoms with van der Waals surface area (Å²) in [5.41, 5.74) is 4.25. The number of pyridine rings is 1. The molecule has 0 atom stereocenters. The van der Waals surface area contributed by atoms with Crippen molar-refractivity contribution in [1.82, 2.24) is 19.9 Å². The highest BCUT2D eigenvalue weighted by Gasteiger charge is 2.29. The highest BCUT2D eigenvalue weighted by atomic mass is 35.5. The number of hydrogen-bond acceptors (Lipinski definition) is 8. The number of benzene rings is 1. The van der Waals surface area contributed by atoms with Gasteiger partial charge in [0.15, 0.2) is 0 Å². The minimum atomic E-state index is -3.64. The van der Waals surface area contributed by atoms with E-state index in [0.29, 0.717) is 39.9 Å². The molecule has 0 aliphatic carbocycles. The van der Waals surface area contributed by atoms with Gasteiger partial charge in [0.05, 0.1) is 15.5 Å². The molecule has 9 nitrogen and oxygen atoms in total. The summed E-state index contributed by atoms with van der Waals surface area (Å²) in [7, 11) is -1.47. The van der Waals surface area contributed by atoms with E-state index in [1.54, 1.807) is 45.2 Å². The molecule has 3 aromatic rings. The second-order valence-corrected chi connectivity index (χ2v) is 13.7. The molecule has 0 spiro atoms. The van der Waals surface area contributed by atoms with E-state index in [1.165, 1.54) is 11.1 Å².